The molecule has 26 heavy (non-hydrogen) atoms. The van der Waals surface area contributed by atoms with Gasteiger partial charge in [0.05, 0.1) is 11.4 Å². The molecule has 2 aromatic rings. The van der Waals surface area contributed by atoms with Crippen molar-refractivity contribution in [2.24, 2.45) is 5.92 Å². The maximum Gasteiger partial charge on any atom is 0.272 e. The molecule has 2 aliphatic carbocycles. The summed E-state index contributed by atoms with van der Waals surface area (Å²) in [5.41, 5.74) is 2.83. The van der Waals surface area contributed by atoms with Crippen molar-refractivity contribution in [3.05, 3.63) is 47.8 Å². The van der Waals surface area contributed by atoms with Crippen LogP contribution in [0.2, 0.25) is 0 Å². The number of piperidine rings is 1. The number of hydrogen-bond acceptors (Lipinski definition) is 2. The lowest BCUT2D eigenvalue weighted by Crippen LogP contribution is -2.50. The third-order valence-corrected chi connectivity index (χ3v) is 6.45. The first-order valence-corrected chi connectivity index (χ1v) is 10.3. The number of para-hydroxylation sites is 1. The van der Waals surface area contributed by atoms with E-state index < -0.39 is 0 Å². The molecule has 2 saturated carbocycles. The summed E-state index contributed by atoms with van der Waals surface area (Å²) in [5.74, 6) is 1.44. The normalized spacial score (nSPS) is 25.8. The Kier molecular flexibility index (Phi) is 4.07. The standard InChI is InChI=1S/C22H27N3O/c26-22(24-14-6-8-17-7-4-5-11-20(17)24)21-15-19(16-12-13-16)23-25(21)18-9-2-1-3-10-18/h1-3,9-10,15-17,20H,4-8,11-14H2. The van der Waals surface area contributed by atoms with E-state index in [9.17, 15) is 4.79 Å². The molecule has 0 spiro atoms. The Morgan fingerprint density at radius 2 is 1.73 bits per heavy atom. The molecule has 4 heteroatoms. The van der Waals surface area contributed by atoms with Crippen LogP contribution in [0.25, 0.3) is 5.69 Å². The molecule has 0 radical (unpaired) electrons. The molecule has 5 rings (SSSR count). The Hall–Kier alpha value is -2.10. The number of carbonyl (C=O) groups excluding carboxylic acids is 1. The molecule has 1 aromatic carbocycles. The smallest absolute Gasteiger partial charge is 0.272 e. The van der Waals surface area contributed by atoms with Crippen LogP contribution in [-0.2, 0) is 0 Å². The number of benzene rings is 1. The van der Waals surface area contributed by atoms with Crippen LogP contribution in [0.1, 0.15) is 73.5 Å². The maximum atomic E-state index is 13.6. The first-order chi connectivity index (χ1) is 12.8. The highest BCUT2D eigenvalue weighted by Crippen LogP contribution is 2.40. The van der Waals surface area contributed by atoms with E-state index in [4.69, 9.17) is 5.10 Å². The zero-order valence-corrected chi connectivity index (χ0v) is 15.3. The molecular formula is C22H27N3O. The van der Waals surface area contributed by atoms with E-state index in [2.05, 4.69) is 11.0 Å². The van der Waals surface area contributed by atoms with E-state index in [-0.39, 0.29) is 5.91 Å². The van der Waals surface area contributed by atoms with Gasteiger partial charge < -0.3 is 4.90 Å². The average molecular weight is 349 g/mol. The number of nitrogens with zero attached hydrogens (tertiary/aromatic N) is 3. The van der Waals surface area contributed by atoms with Gasteiger partial charge in [-0.1, -0.05) is 31.0 Å². The summed E-state index contributed by atoms with van der Waals surface area (Å²) in [4.78, 5) is 15.8. The van der Waals surface area contributed by atoms with Crippen molar-refractivity contribution in [3.63, 3.8) is 0 Å². The lowest BCUT2D eigenvalue weighted by Gasteiger charge is -2.44. The van der Waals surface area contributed by atoms with Gasteiger partial charge in [0.25, 0.3) is 5.91 Å². The lowest BCUT2D eigenvalue weighted by molar-refractivity contribution is 0.0382. The van der Waals surface area contributed by atoms with Crippen LogP contribution < -0.4 is 0 Å². The fraction of sp³-hybridized carbons (Fsp3) is 0.545. The largest absolute Gasteiger partial charge is 0.334 e. The summed E-state index contributed by atoms with van der Waals surface area (Å²) >= 11 is 0. The Morgan fingerprint density at radius 1 is 0.962 bits per heavy atom. The van der Waals surface area contributed by atoms with Crippen LogP contribution >= 0.6 is 0 Å². The molecule has 3 fully saturated rings. The minimum absolute atomic E-state index is 0.185. The van der Waals surface area contributed by atoms with E-state index in [1.165, 1.54) is 44.9 Å². The van der Waals surface area contributed by atoms with Crippen molar-refractivity contribution >= 4 is 5.91 Å². The Balaban J connectivity index is 1.51. The molecule has 2 unspecified atom stereocenters. The summed E-state index contributed by atoms with van der Waals surface area (Å²) < 4.78 is 1.89. The van der Waals surface area contributed by atoms with Crippen LogP contribution in [-0.4, -0.2) is 33.2 Å². The van der Waals surface area contributed by atoms with E-state index >= 15 is 0 Å². The number of fused-ring (bicyclic) bond motifs is 1. The molecule has 136 valence electrons. The van der Waals surface area contributed by atoms with Crippen LogP contribution in [0.3, 0.4) is 0 Å². The van der Waals surface area contributed by atoms with Gasteiger partial charge in [-0.2, -0.15) is 5.10 Å². The van der Waals surface area contributed by atoms with Gasteiger partial charge in [-0.05, 0) is 62.6 Å². The van der Waals surface area contributed by atoms with Gasteiger partial charge in [0.15, 0.2) is 0 Å². The fourth-order valence-corrected chi connectivity index (χ4v) is 4.92. The van der Waals surface area contributed by atoms with Crippen molar-refractivity contribution < 1.29 is 4.79 Å². The number of rotatable bonds is 3. The topological polar surface area (TPSA) is 38.1 Å². The molecule has 3 aliphatic rings. The predicted octanol–water partition coefficient (Wildman–Crippen LogP) is 4.54. The predicted molar refractivity (Wildman–Crippen MR) is 102 cm³/mol. The highest BCUT2D eigenvalue weighted by molar-refractivity contribution is 5.93. The second-order valence-electron chi connectivity index (χ2n) is 8.23. The number of aromatic nitrogens is 2. The van der Waals surface area contributed by atoms with Crippen LogP contribution in [0.15, 0.2) is 36.4 Å². The molecule has 1 amide bonds. The molecule has 0 bridgehead atoms. The van der Waals surface area contributed by atoms with Gasteiger partial charge in [0.2, 0.25) is 0 Å². The molecule has 1 aromatic heterocycles. The molecular weight excluding hydrogens is 322 g/mol. The average Bonchev–Trinajstić information content (AvgIpc) is 3.46. The number of hydrogen-bond donors (Lipinski definition) is 0. The SMILES string of the molecule is O=C(c1cc(C2CC2)nn1-c1ccccc1)N1CCCC2CCCCC21. The van der Waals surface area contributed by atoms with E-state index in [1.54, 1.807) is 0 Å². The molecule has 0 N–H and O–H groups in total. The molecule has 2 heterocycles. The lowest BCUT2D eigenvalue weighted by atomic mass is 9.78. The van der Waals surface area contributed by atoms with E-state index in [0.717, 1.165) is 30.0 Å². The minimum atomic E-state index is 0.185. The first-order valence-electron chi connectivity index (χ1n) is 10.3. The summed E-state index contributed by atoms with van der Waals surface area (Å²) in [7, 11) is 0. The van der Waals surface area contributed by atoms with Gasteiger partial charge in [-0.25, -0.2) is 4.68 Å². The van der Waals surface area contributed by atoms with Crippen molar-refractivity contribution in [1.29, 1.82) is 0 Å². The summed E-state index contributed by atoms with van der Waals surface area (Å²) in [6.45, 7) is 0.902. The second kappa shape index (κ2) is 6.57. The third kappa shape index (κ3) is 2.85. The Labute approximate surface area is 155 Å². The van der Waals surface area contributed by atoms with Crippen molar-refractivity contribution in [2.75, 3.05) is 6.54 Å². The van der Waals surface area contributed by atoms with Gasteiger partial charge in [0.1, 0.15) is 5.69 Å². The van der Waals surface area contributed by atoms with Crippen LogP contribution in [0, 0.1) is 5.92 Å². The monoisotopic (exact) mass is 349 g/mol. The number of amides is 1. The van der Waals surface area contributed by atoms with Crippen LogP contribution in [0.5, 0.6) is 0 Å². The van der Waals surface area contributed by atoms with Gasteiger partial charge in [-0.3, -0.25) is 4.79 Å². The van der Waals surface area contributed by atoms with Crippen molar-refractivity contribution in [3.8, 4) is 5.69 Å². The van der Waals surface area contributed by atoms with Crippen LogP contribution in [0.4, 0.5) is 0 Å². The zero-order chi connectivity index (χ0) is 17.5. The first kappa shape index (κ1) is 16.1. The van der Waals surface area contributed by atoms with E-state index in [0.29, 0.717) is 17.9 Å². The van der Waals surface area contributed by atoms with Crippen molar-refractivity contribution in [2.45, 2.75) is 63.3 Å². The highest BCUT2D eigenvalue weighted by atomic mass is 16.2. The minimum Gasteiger partial charge on any atom is -0.334 e. The third-order valence-electron chi connectivity index (χ3n) is 6.45. The number of likely N-dealkylation sites (tertiary alicyclic amines) is 1. The molecule has 1 saturated heterocycles. The van der Waals surface area contributed by atoms with Crippen molar-refractivity contribution in [1.82, 2.24) is 14.7 Å². The fourth-order valence-electron chi connectivity index (χ4n) is 4.92. The highest BCUT2D eigenvalue weighted by Gasteiger charge is 2.38. The molecule has 4 nitrogen and oxygen atoms in total. The quantitative estimate of drug-likeness (QED) is 0.815. The second-order valence-corrected chi connectivity index (χ2v) is 8.23. The maximum absolute atomic E-state index is 13.6. The summed E-state index contributed by atoms with van der Waals surface area (Å²) in [5, 5.41) is 4.83. The van der Waals surface area contributed by atoms with Gasteiger partial charge in [0, 0.05) is 18.5 Å². The van der Waals surface area contributed by atoms with E-state index in [1.807, 2.05) is 35.0 Å². The molecule has 2 atom stereocenters. The Bertz CT molecular complexity index is 791. The summed E-state index contributed by atoms with van der Waals surface area (Å²) in [6, 6.07) is 12.6. The zero-order valence-electron chi connectivity index (χ0n) is 15.3. The van der Waals surface area contributed by atoms with Gasteiger partial charge in [-0.15, -0.1) is 0 Å². The van der Waals surface area contributed by atoms with Gasteiger partial charge >= 0.3 is 0 Å². The molecule has 1 aliphatic heterocycles. The Morgan fingerprint density at radius 3 is 2.54 bits per heavy atom. The number of carbonyl (C=O) groups is 1. The summed E-state index contributed by atoms with van der Waals surface area (Å²) in [6.07, 6.45) is 9.89.